The Hall–Kier alpha value is -1.42. The molecule has 1 N–H and O–H groups in total. The summed E-state index contributed by atoms with van der Waals surface area (Å²) in [5.41, 5.74) is 2.21. The summed E-state index contributed by atoms with van der Waals surface area (Å²) < 4.78 is 1.74. The Morgan fingerprint density at radius 2 is 2.13 bits per heavy atom. The summed E-state index contributed by atoms with van der Waals surface area (Å²) >= 11 is 0. The van der Waals surface area contributed by atoms with Crippen LogP contribution in [0.3, 0.4) is 0 Å². The number of aromatic nitrogens is 3. The molecule has 0 unspecified atom stereocenters. The summed E-state index contributed by atoms with van der Waals surface area (Å²) in [6.07, 6.45) is 0. The van der Waals surface area contributed by atoms with Gasteiger partial charge in [-0.05, 0) is 32.4 Å². The van der Waals surface area contributed by atoms with Crippen molar-refractivity contribution in [3.63, 3.8) is 0 Å². The minimum absolute atomic E-state index is 0.451. The van der Waals surface area contributed by atoms with Crippen molar-refractivity contribution in [2.45, 2.75) is 32.9 Å². The van der Waals surface area contributed by atoms with E-state index in [2.05, 4.69) is 10.3 Å². The van der Waals surface area contributed by atoms with Crippen molar-refractivity contribution in [3.05, 3.63) is 23.8 Å². The minimum Gasteiger partial charge on any atom is -0.389 e. The minimum atomic E-state index is -0.773. The molecule has 0 aliphatic rings. The number of rotatable bonds is 2. The van der Waals surface area contributed by atoms with Crippen LogP contribution in [0.4, 0.5) is 0 Å². The summed E-state index contributed by atoms with van der Waals surface area (Å²) in [6, 6.07) is 5.95. The van der Waals surface area contributed by atoms with E-state index in [1.807, 2.05) is 25.1 Å². The fourth-order valence-electron chi connectivity index (χ4n) is 1.61. The van der Waals surface area contributed by atoms with Crippen LogP contribution in [0.15, 0.2) is 18.2 Å². The van der Waals surface area contributed by atoms with E-state index >= 15 is 0 Å². The first-order valence-electron chi connectivity index (χ1n) is 4.98. The second kappa shape index (κ2) is 3.31. The number of aliphatic hydroxyl groups is 1. The van der Waals surface area contributed by atoms with Crippen molar-refractivity contribution in [1.29, 1.82) is 0 Å². The second-order valence-corrected chi connectivity index (χ2v) is 4.50. The Bertz CT molecular complexity index is 482. The molecule has 1 heterocycles. The molecule has 0 spiro atoms. The molecular formula is C11H15N3O. The highest BCUT2D eigenvalue weighted by Gasteiger charge is 2.16. The average Bonchev–Trinajstić information content (AvgIpc) is 2.48. The molecule has 4 nitrogen and oxygen atoms in total. The Morgan fingerprint density at radius 1 is 1.40 bits per heavy atom. The molecule has 15 heavy (non-hydrogen) atoms. The fourth-order valence-corrected chi connectivity index (χ4v) is 1.61. The van der Waals surface area contributed by atoms with E-state index in [-0.39, 0.29) is 0 Å². The molecule has 2 rings (SSSR count). The van der Waals surface area contributed by atoms with Gasteiger partial charge in [-0.1, -0.05) is 17.3 Å². The number of nitrogens with zero attached hydrogens (tertiary/aromatic N) is 3. The van der Waals surface area contributed by atoms with E-state index in [1.165, 1.54) is 0 Å². The maximum atomic E-state index is 9.73. The number of hydrogen-bond donors (Lipinski definition) is 1. The lowest BCUT2D eigenvalue weighted by molar-refractivity contribution is 0.0585. The molecule has 80 valence electrons. The smallest absolute Gasteiger partial charge is 0.116 e. The van der Waals surface area contributed by atoms with Crippen molar-refractivity contribution in [2.24, 2.45) is 0 Å². The zero-order valence-corrected chi connectivity index (χ0v) is 9.23. The van der Waals surface area contributed by atoms with Crippen molar-refractivity contribution in [3.8, 4) is 0 Å². The van der Waals surface area contributed by atoms with Gasteiger partial charge < -0.3 is 5.11 Å². The first kappa shape index (κ1) is 10.1. The third kappa shape index (κ3) is 1.99. The van der Waals surface area contributed by atoms with Crippen LogP contribution >= 0.6 is 0 Å². The standard InChI is InChI=1S/C11H15N3O/c1-8-5-4-6-9-10(8)12-13-14(9)7-11(2,3)15/h4-6,15H,7H2,1-3H3. The largest absolute Gasteiger partial charge is 0.389 e. The molecule has 0 amide bonds. The van der Waals surface area contributed by atoms with Crippen LogP contribution in [-0.4, -0.2) is 25.7 Å². The van der Waals surface area contributed by atoms with Gasteiger partial charge in [-0.15, -0.1) is 5.10 Å². The first-order chi connectivity index (χ1) is 6.97. The topological polar surface area (TPSA) is 50.9 Å². The highest BCUT2D eigenvalue weighted by atomic mass is 16.3. The van der Waals surface area contributed by atoms with Gasteiger partial charge in [-0.25, -0.2) is 4.68 Å². The molecular weight excluding hydrogens is 190 g/mol. The SMILES string of the molecule is Cc1cccc2c1nnn2CC(C)(C)O. The Labute approximate surface area is 88.5 Å². The summed E-state index contributed by atoms with van der Waals surface area (Å²) in [5, 5.41) is 17.9. The quantitative estimate of drug-likeness (QED) is 0.808. The van der Waals surface area contributed by atoms with Gasteiger partial charge in [0.05, 0.1) is 17.7 Å². The molecule has 0 saturated heterocycles. The van der Waals surface area contributed by atoms with Crippen LogP contribution in [0.2, 0.25) is 0 Å². The molecule has 1 aromatic carbocycles. The first-order valence-corrected chi connectivity index (χ1v) is 4.98. The lowest BCUT2D eigenvalue weighted by Gasteiger charge is -2.16. The van der Waals surface area contributed by atoms with E-state index in [1.54, 1.807) is 18.5 Å². The maximum Gasteiger partial charge on any atom is 0.116 e. The predicted octanol–water partition coefficient (Wildman–Crippen LogP) is 1.51. The van der Waals surface area contributed by atoms with E-state index in [0.717, 1.165) is 16.6 Å². The third-order valence-electron chi connectivity index (χ3n) is 2.28. The van der Waals surface area contributed by atoms with Gasteiger partial charge in [0.1, 0.15) is 5.52 Å². The molecule has 0 saturated carbocycles. The van der Waals surface area contributed by atoms with E-state index in [4.69, 9.17) is 0 Å². The van der Waals surface area contributed by atoms with Crippen LogP contribution < -0.4 is 0 Å². The molecule has 0 fully saturated rings. The lowest BCUT2D eigenvalue weighted by atomic mass is 10.1. The van der Waals surface area contributed by atoms with Gasteiger partial charge in [0, 0.05) is 0 Å². The molecule has 0 aliphatic heterocycles. The molecule has 4 heteroatoms. The van der Waals surface area contributed by atoms with E-state index in [9.17, 15) is 5.11 Å². The monoisotopic (exact) mass is 205 g/mol. The fraction of sp³-hybridized carbons (Fsp3) is 0.455. The third-order valence-corrected chi connectivity index (χ3v) is 2.28. The van der Waals surface area contributed by atoms with E-state index in [0.29, 0.717) is 6.54 Å². The van der Waals surface area contributed by atoms with Crippen LogP contribution in [0.1, 0.15) is 19.4 Å². The molecule has 0 atom stereocenters. The molecule has 0 aliphatic carbocycles. The van der Waals surface area contributed by atoms with Gasteiger partial charge in [0.15, 0.2) is 0 Å². The highest BCUT2D eigenvalue weighted by Crippen LogP contribution is 2.16. The van der Waals surface area contributed by atoms with Gasteiger partial charge >= 0.3 is 0 Å². The normalized spacial score (nSPS) is 12.3. The van der Waals surface area contributed by atoms with Crippen LogP contribution in [-0.2, 0) is 6.54 Å². The molecule has 1 aromatic heterocycles. The second-order valence-electron chi connectivity index (χ2n) is 4.50. The summed E-state index contributed by atoms with van der Waals surface area (Å²) in [6.45, 7) is 5.98. The Morgan fingerprint density at radius 3 is 2.80 bits per heavy atom. The molecule has 0 radical (unpaired) electrons. The molecule has 2 aromatic rings. The summed E-state index contributed by atoms with van der Waals surface area (Å²) in [4.78, 5) is 0. The van der Waals surface area contributed by atoms with Crippen molar-refractivity contribution < 1.29 is 5.11 Å². The van der Waals surface area contributed by atoms with Crippen LogP contribution in [0.5, 0.6) is 0 Å². The van der Waals surface area contributed by atoms with Crippen LogP contribution in [0, 0.1) is 6.92 Å². The van der Waals surface area contributed by atoms with Crippen LogP contribution in [0.25, 0.3) is 11.0 Å². The highest BCUT2D eigenvalue weighted by molar-refractivity contribution is 5.77. The number of fused-ring (bicyclic) bond motifs is 1. The van der Waals surface area contributed by atoms with Gasteiger partial charge in [-0.3, -0.25) is 0 Å². The van der Waals surface area contributed by atoms with Gasteiger partial charge in [0.25, 0.3) is 0 Å². The maximum absolute atomic E-state index is 9.73. The zero-order valence-electron chi connectivity index (χ0n) is 9.23. The number of hydrogen-bond acceptors (Lipinski definition) is 3. The average molecular weight is 205 g/mol. The van der Waals surface area contributed by atoms with Gasteiger partial charge in [0.2, 0.25) is 0 Å². The van der Waals surface area contributed by atoms with Gasteiger partial charge in [-0.2, -0.15) is 0 Å². The molecule has 0 bridgehead atoms. The van der Waals surface area contributed by atoms with Crippen molar-refractivity contribution >= 4 is 11.0 Å². The zero-order chi connectivity index (χ0) is 11.1. The van der Waals surface area contributed by atoms with E-state index < -0.39 is 5.60 Å². The van der Waals surface area contributed by atoms with Crippen molar-refractivity contribution in [1.82, 2.24) is 15.0 Å². The lowest BCUT2D eigenvalue weighted by Crippen LogP contribution is -2.26. The Balaban J connectivity index is 2.50. The summed E-state index contributed by atoms with van der Waals surface area (Å²) in [5.74, 6) is 0. The number of benzene rings is 1. The predicted molar refractivity (Wildman–Crippen MR) is 58.6 cm³/mol. The number of aryl methyl sites for hydroxylation is 1. The van der Waals surface area contributed by atoms with Crippen molar-refractivity contribution in [2.75, 3.05) is 0 Å². The summed E-state index contributed by atoms with van der Waals surface area (Å²) in [7, 11) is 0. The Kier molecular flexibility index (Phi) is 2.23.